The Hall–Kier alpha value is -1.45. The number of nitrogens with one attached hydrogen (secondary N) is 2. The summed E-state index contributed by atoms with van der Waals surface area (Å²) in [5.74, 6) is -0.415. The van der Waals surface area contributed by atoms with Gasteiger partial charge >= 0.3 is 10.2 Å². The second-order valence-electron chi connectivity index (χ2n) is 5.99. The second-order valence-corrected chi connectivity index (χ2v) is 7.66. The van der Waals surface area contributed by atoms with Gasteiger partial charge in [-0.2, -0.15) is 17.8 Å². The number of H-pyrrole nitrogens is 1. The summed E-state index contributed by atoms with van der Waals surface area (Å²) in [6.07, 6.45) is 4.41. The van der Waals surface area contributed by atoms with Crippen molar-refractivity contribution < 1.29 is 17.9 Å². The number of amides is 1. The van der Waals surface area contributed by atoms with Crippen molar-refractivity contribution in [3.8, 4) is 0 Å². The van der Waals surface area contributed by atoms with Crippen molar-refractivity contribution in [2.75, 3.05) is 26.3 Å². The summed E-state index contributed by atoms with van der Waals surface area (Å²) in [7, 11) is -3.79. The van der Waals surface area contributed by atoms with Crippen molar-refractivity contribution in [2.45, 2.75) is 38.0 Å². The monoisotopic (exact) mass is 342 g/mol. The van der Waals surface area contributed by atoms with Gasteiger partial charge in [-0.25, -0.2) is 4.72 Å². The van der Waals surface area contributed by atoms with Gasteiger partial charge in [0.25, 0.3) is 5.91 Å². The van der Waals surface area contributed by atoms with Crippen LogP contribution in [0.3, 0.4) is 0 Å². The van der Waals surface area contributed by atoms with E-state index in [1.54, 1.807) is 6.07 Å². The van der Waals surface area contributed by atoms with Gasteiger partial charge < -0.3 is 4.74 Å². The van der Waals surface area contributed by atoms with Gasteiger partial charge in [-0.15, -0.1) is 0 Å². The maximum Gasteiger partial charge on any atom is 0.304 e. The number of piperidine rings is 1. The number of hydrogen-bond donors (Lipinski definition) is 2. The van der Waals surface area contributed by atoms with E-state index in [1.165, 1.54) is 4.31 Å². The first-order valence-electron chi connectivity index (χ1n) is 8.01. The molecule has 9 heteroatoms. The first-order chi connectivity index (χ1) is 11.1. The van der Waals surface area contributed by atoms with E-state index in [0.29, 0.717) is 26.3 Å². The van der Waals surface area contributed by atoms with Crippen molar-refractivity contribution >= 4 is 16.1 Å². The molecule has 0 bridgehead atoms. The first-order valence-corrected chi connectivity index (χ1v) is 9.45. The molecule has 2 saturated heterocycles. The first kappa shape index (κ1) is 16.4. The number of rotatable bonds is 4. The van der Waals surface area contributed by atoms with E-state index in [9.17, 15) is 13.2 Å². The van der Waals surface area contributed by atoms with Gasteiger partial charge in [0, 0.05) is 37.9 Å². The molecule has 3 rings (SSSR count). The van der Waals surface area contributed by atoms with Crippen LogP contribution in [0.2, 0.25) is 0 Å². The lowest BCUT2D eigenvalue weighted by atomic mass is 9.96. The lowest BCUT2D eigenvalue weighted by Crippen LogP contribution is -2.45. The van der Waals surface area contributed by atoms with E-state index in [4.69, 9.17) is 4.74 Å². The number of carbonyl (C=O) groups excluding carboxylic acids is 1. The lowest BCUT2D eigenvalue weighted by molar-refractivity contribution is 0.0845. The highest BCUT2D eigenvalue weighted by Crippen LogP contribution is 2.25. The number of ether oxygens (including phenoxy) is 1. The predicted octanol–water partition coefficient (Wildman–Crippen LogP) is 0.764. The third kappa shape index (κ3) is 3.91. The van der Waals surface area contributed by atoms with Crippen LogP contribution in [0.15, 0.2) is 6.07 Å². The molecule has 128 valence electrons. The lowest BCUT2D eigenvalue weighted by Gasteiger charge is -2.25. The average molecular weight is 342 g/mol. The molecule has 2 fully saturated rings. The highest BCUT2D eigenvalue weighted by Gasteiger charge is 2.27. The highest BCUT2D eigenvalue weighted by atomic mass is 32.2. The predicted molar refractivity (Wildman–Crippen MR) is 83.2 cm³/mol. The zero-order valence-electron chi connectivity index (χ0n) is 13.0. The molecule has 0 aromatic carbocycles. The highest BCUT2D eigenvalue weighted by molar-refractivity contribution is 7.87. The molecule has 0 aliphatic carbocycles. The summed E-state index contributed by atoms with van der Waals surface area (Å²) in [5, 5.41) is 6.81. The van der Waals surface area contributed by atoms with Gasteiger partial charge in [0.15, 0.2) is 5.69 Å². The Bertz CT molecular complexity index is 645. The molecule has 1 amide bonds. The molecule has 23 heavy (non-hydrogen) atoms. The van der Waals surface area contributed by atoms with Gasteiger partial charge in [-0.3, -0.25) is 9.89 Å². The molecular weight excluding hydrogens is 320 g/mol. The topological polar surface area (TPSA) is 104 Å². The molecule has 2 N–H and O–H groups in total. The number of aromatic nitrogens is 2. The second kappa shape index (κ2) is 6.98. The van der Waals surface area contributed by atoms with Crippen LogP contribution in [-0.2, 0) is 14.9 Å². The molecule has 1 aromatic heterocycles. The molecule has 1 aromatic rings. The Labute approximate surface area is 135 Å². The van der Waals surface area contributed by atoms with Gasteiger partial charge in [0.1, 0.15) is 0 Å². The molecule has 0 atom stereocenters. The van der Waals surface area contributed by atoms with Crippen molar-refractivity contribution in [1.29, 1.82) is 0 Å². The van der Waals surface area contributed by atoms with Crippen LogP contribution in [0.4, 0.5) is 0 Å². The Morgan fingerprint density at radius 1 is 1.26 bits per heavy atom. The van der Waals surface area contributed by atoms with Crippen LogP contribution in [0.25, 0.3) is 0 Å². The third-order valence-corrected chi connectivity index (χ3v) is 5.86. The minimum Gasteiger partial charge on any atom is -0.381 e. The minimum absolute atomic E-state index is 0.104. The summed E-state index contributed by atoms with van der Waals surface area (Å²) in [5.41, 5.74) is 0.959. The van der Waals surface area contributed by atoms with Gasteiger partial charge in [0.2, 0.25) is 0 Å². The smallest absolute Gasteiger partial charge is 0.304 e. The fourth-order valence-electron chi connectivity index (χ4n) is 3.01. The third-order valence-electron chi connectivity index (χ3n) is 4.37. The van der Waals surface area contributed by atoms with E-state index < -0.39 is 16.1 Å². The standard InChI is InChI=1S/C14H22N4O4S/c19-14(17-23(20,21)18-6-2-1-3-7-18)13-10-12(15-16-13)11-4-8-22-9-5-11/h10-11H,1-9H2,(H,15,16)(H,17,19). The fraction of sp³-hybridized carbons (Fsp3) is 0.714. The van der Waals surface area contributed by atoms with Gasteiger partial charge in [-0.05, 0) is 31.7 Å². The average Bonchev–Trinajstić information content (AvgIpc) is 3.06. The molecule has 0 unspecified atom stereocenters. The molecule has 0 spiro atoms. The molecule has 2 aliphatic heterocycles. The van der Waals surface area contributed by atoms with Crippen LogP contribution in [-0.4, -0.2) is 55.1 Å². The molecule has 8 nitrogen and oxygen atoms in total. The van der Waals surface area contributed by atoms with Crippen LogP contribution in [0.1, 0.15) is 54.2 Å². The van der Waals surface area contributed by atoms with E-state index in [1.807, 2.05) is 0 Å². The van der Waals surface area contributed by atoms with Gasteiger partial charge in [0.05, 0.1) is 0 Å². The van der Waals surface area contributed by atoms with Crippen LogP contribution >= 0.6 is 0 Å². The van der Waals surface area contributed by atoms with E-state index in [-0.39, 0.29) is 11.6 Å². The van der Waals surface area contributed by atoms with Crippen molar-refractivity contribution in [3.05, 3.63) is 17.5 Å². The fourth-order valence-corrected chi connectivity index (χ4v) is 4.22. The minimum atomic E-state index is -3.79. The molecule has 3 heterocycles. The Morgan fingerprint density at radius 2 is 1.96 bits per heavy atom. The van der Waals surface area contributed by atoms with Crippen molar-refractivity contribution in [1.82, 2.24) is 19.2 Å². The summed E-state index contributed by atoms with van der Waals surface area (Å²) in [6, 6.07) is 1.64. The summed E-state index contributed by atoms with van der Waals surface area (Å²) in [6.45, 7) is 2.29. The van der Waals surface area contributed by atoms with Gasteiger partial charge in [-0.1, -0.05) is 6.42 Å². The summed E-state index contributed by atoms with van der Waals surface area (Å²) < 4.78 is 33.2. The summed E-state index contributed by atoms with van der Waals surface area (Å²) >= 11 is 0. The Kier molecular flexibility index (Phi) is 4.98. The maximum atomic E-state index is 12.2. The summed E-state index contributed by atoms with van der Waals surface area (Å²) in [4.78, 5) is 12.2. The van der Waals surface area contributed by atoms with Crippen molar-refractivity contribution in [2.24, 2.45) is 0 Å². The van der Waals surface area contributed by atoms with E-state index >= 15 is 0 Å². The number of nitrogens with zero attached hydrogens (tertiary/aromatic N) is 2. The van der Waals surface area contributed by atoms with E-state index in [2.05, 4.69) is 14.9 Å². The molecule has 2 aliphatic rings. The number of hydrogen-bond acceptors (Lipinski definition) is 5. The van der Waals surface area contributed by atoms with Crippen LogP contribution in [0.5, 0.6) is 0 Å². The zero-order chi connectivity index (χ0) is 16.3. The normalized spacial score (nSPS) is 21.2. The van der Waals surface area contributed by atoms with Crippen LogP contribution < -0.4 is 4.72 Å². The Balaban J connectivity index is 1.64. The quantitative estimate of drug-likeness (QED) is 0.841. The molecular formula is C14H22N4O4S. The number of carbonyl (C=O) groups is 1. The zero-order valence-corrected chi connectivity index (χ0v) is 13.8. The molecule has 0 saturated carbocycles. The van der Waals surface area contributed by atoms with E-state index in [0.717, 1.165) is 37.8 Å². The van der Waals surface area contributed by atoms with Crippen molar-refractivity contribution in [3.63, 3.8) is 0 Å². The largest absolute Gasteiger partial charge is 0.381 e. The SMILES string of the molecule is O=C(NS(=O)(=O)N1CCCCC1)c1cc(C2CCOCC2)[nH]n1. The maximum absolute atomic E-state index is 12.2. The number of aromatic amines is 1. The molecule has 0 radical (unpaired) electrons. The Morgan fingerprint density at radius 3 is 2.65 bits per heavy atom. The van der Waals surface area contributed by atoms with Crippen LogP contribution in [0, 0.1) is 0 Å².